The molecule has 1 aromatic heterocycles. The molecule has 0 unspecified atom stereocenters. The summed E-state index contributed by atoms with van der Waals surface area (Å²) in [6.07, 6.45) is 2.93. The third-order valence-electron chi connectivity index (χ3n) is 4.01. The zero-order valence-corrected chi connectivity index (χ0v) is 13.3. The SMILES string of the molecule is O=C(c1ccoc1Cl)N(Cc1ccc(F)cc1)C1CCOCC1. The van der Waals surface area contributed by atoms with Crippen molar-refractivity contribution in [2.75, 3.05) is 13.2 Å². The minimum absolute atomic E-state index is 0.0623. The Bertz CT molecular complexity index is 665. The van der Waals surface area contributed by atoms with Crippen LogP contribution < -0.4 is 0 Å². The number of amides is 1. The molecule has 23 heavy (non-hydrogen) atoms. The van der Waals surface area contributed by atoms with E-state index in [1.807, 2.05) is 0 Å². The number of hydrogen-bond donors (Lipinski definition) is 0. The fraction of sp³-hybridized carbons (Fsp3) is 0.353. The van der Waals surface area contributed by atoms with Crippen molar-refractivity contribution < 1.29 is 18.3 Å². The molecule has 0 aliphatic carbocycles. The Morgan fingerprint density at radius 3 is 2.52 bits per heavy atom. The lowest BCUT2D eigenvalue weighted by molar-refractivity contribution is 0.0267. The molecule has 0 N–H and O–H groups in total. The third-order valence-corrected chi connectivity index (χ3v) is 4.30. The molecule has 3 rings (SSSR count). The Kier molecular flexibility index (Phi) is 4.98. The van der Waals surface area contributed by atoms with E-state index in [2.05, 4.69) is 0 Å². The van der Waals surface area contributed by atoms with Crippen LogP contribution in [0.5, 0.6) is 0 Å². The molecule has 1 aromatic carbocycles. The average Bonchev–Trinajstić information content (AvgIpc) is 3.00. The van der Waals surface area contributed by atoms with Gasteiger partial charge in [0.2, 0.25) is 5.22 Å². The van der Waals surface area contributed by atoms with Crippen LogP contribution in [0.2, 0.25) is 5.22 Å². The average molecular weight is 338 g/mol. The van der Waals surface area contributed by atoms with Crippen molar-refractivity contribution >= 4 is 17.5 Å². The third kappa shape index (κ3) is 3.74. The van der Waals surface area contributed by atoms with Gasteiger partial charge >= 0.3 is 0 Å². The molecule has 1 saturated heterocycles. The van der Waals surface area contributed by atoms with E-state index in [0.717, 1.165) is 18.4 Å². The Morgan fingerprint density at radius 2 is 1.91 bits per heavy atom. The minimum atomic E-state index is -0.296. The van der Waals surface area contributed by atoms with E-state index in [0.29, 0.717) is 25.3 Å². The highest BCUT2D eigenvalue weighted by atomic mass is 35.5. The number of ether oxygens (including phenoxy) is 1. The van der Waals surface area contributed by atoms with Gasteiger partial charge in [-0.25, -0.2) is 4.39 Å². The Morgan fingerprint density at radius 1 is 1.22 bits per heavy atom. The van der Waals surface area contributed by atoms with E-state index in [-0.39, 0.29) is 23.0 Å². The molecule has 0 spiro atoms. The summed E-state index contributed by atoms with van der Waals surface area (Å²) in [5.74, 6) is -0.476. The van der Waals surface area contributed by atoms with Gasteiger partial charge in [-0.3, -0.25) is 4.79 Å². The van der Waals surface area contributed by atoms with E-state index < -0.39 is 0 Å². The number of carbonyl (C=O) groups excluding carboxylic acids is 1. The van der Waals surface area contributed by atoms with Crippen molar-refractivity contribution in [1.29, 1.82) is 0 Å². The topological polar surface area (TPSA) is 42.7 Å². The first-order chi connectivity index (χ1) is 11.1. The van der Waals surface area contributed by atoms with Gasteiger partial charge < -0.3 is 14.1 Å². The van der Waals surface area contributed by atoms with E-state index in [9.17, 15) is 9.18 Å². The fourth-order valence-electron chi connectivity index (χ4n) is 2.75. The number of furan rings is 1. The maximum atomic E-state index is 13.1. The molecule has 6 heteroatoms. The van der Waals surface area contributed by atoms with Gasteiger partial charge in [0.1, 0.15) is 5.82 Å². The highest BCUT2D eigenvalue weighted by molar-refractivity contribution is 6.32. The maximum absolute atomic E-state index is 13.1. The quantitative estimate of drug-likeness (QED) is 0.850. The van der Waals surface area contributed by atoms with Crippen LogP contribution in [-0.2, 0) is 11.3 Å². The molecule has 0 atom stereocenters. The smallest absolute Gasteiger partial charge is 0.259 e. The molecule has 0 radical (unpaired) electrons. The second-order valence-electron chi connectivity index (χ2n) is 5.51. The molecule has 0 bridgehead atoms. The summed E-state index contributed by atoms with van der Waals surface area (Å²) in [4.78, 5) is 14.6. The summed E-state index contributed by atoms with van der Waals surface area (Å²) in [7, 11) is 0. The predicted molar refractivity (Wildman–Crippen MR) is 83.8 cm³/mol. The van der Waals surface area contributed by atoms with Crippen molar-refractivity contribution in [2.24, 2.45) is 0 Å². The lowest BCUT2D eigenvalue weighted by atomic mass is 10.0. The monoisotopic (exact) mass is 337 g/mol. The molecule has 0 saturated carbocycles. The molecule has 1 aliphatic rings. The van der Waals surface area contributed by atoms with Crippen LogP contribution in [-0.4, -0.2) is 30.1 Å². The summed E-state index contributed by atoms with van der Waals surface area (Å²) in [6.45, 7) is 1.64. The summed E-state index contributed by atoms with van der Waals surface area (Å²) in [5, 5.41) is 0.0890. The molecule has 1 fully saturated rings. The number of nitrogens with zero attached hydrogens (tertiary/aromatic N) is 1. The lowest BCUT2D eigenvalue weighted by Gasteiger charge is -2.34. The zero-order valence-electron chi connectivity index (χ0n) is 12.5. The van der Waals surface area contributed by atoms with Crippen molar-refractivity contribution in [3.63, 3.8) is 0 Å². The lowest BCUT2D eigenvalue weighted by Crippen LogP contribution is -2.43. The summed E-state index contributed by atoms with van der Waals surface area (Å²) in [6, 6.07) is 7.80. The molecule has 2 aromatic rings. The van der Waals surface area contributed by atoms with Gasteiger partial charge in [0.05, 0.1) is 11.8 Å². The highest BCUT2D eigenvalue weighted by Gasteiger charge is 2.28. The molecule has 2 heterocycles. The molecule has 4 nitrogen and oxygen atoms in total. The van der Waals surface area contributed by atoms with Gasteiger partial charge in [-0.15, -0.1) is 0 Å². The van der Waals surface area contributed by atoms with Crippen molar-refractivity contribution in [2.45, 2.75) is 25.4 Å². The first-order valence-corrected chi connectivity index (χ1v) is 7.89. The van der Waals surface area contributed by atoms with Crippen molar-refractivity contribution in [3.05, 3.63) is 58.8 Å². The number of hydrogen-bond acceptors (Lipinski definition) is 3. The fourth-order valence-corrected chi connectivity index (χ4v) is 2.95. The summed E-state index contributed by atoms with van der Waals surface area (Å²) in [5.41, 5.74) is 1.21. The molecular formula is C17H17ClFNO3. The van der Waals surface area contributed by atoms with Crippen LogP contribution in [0, 0.1) is 5.82 Å². The Labute approximate surface area is 138 Å². The van der Waals surface area contributed by atoms with E-state index in [4.69, 9.17) is 20.8 Å². The molecular weight excluding hydrogens is 321 g/mol. The normalized spacial score (nSPS) is 15.6. The minimum Gasteiger partial charge on any atom is -0.452 e. The largest absolute Gasteiger partial charge is 0.452 e. The number of rotatable bonds is 4. The van der Waals surface area contributed by atoms with E-state index >= 15 is 0 Å². The zero-order chi connectivity index (χ0) is 16.2. The highest BCUT2D eigenvalue weighted by Crippen LogP contribution is 2.24. The summed E-state index contributed by atoms with van der Waals surface area (Å²) >= 11 is 5.95. The van der Waals surface area contributed by atoms with Gasteiger partial charge in [-0.05, 0) is 48.2 Å². The Balaban J connectivity index is 1.85. The van der Waals surface area contributed by atoms with E-state index in [1.165, 1.54) is 18.4 Å². The second kappa shape index (κ2) is 7.15. The number of carbonyl (C=O) groups is 1. The first kappa shape index (κ1) is 16.0. The molecule has 122 valence electrons. The summed E-state index contributed by atoms with van der Waals surface area (Å²) < 4.78 is 23.5. The van der Waals surface area contributed by atoms with E-state index in [1.54, 1.807) is 23.1 Å². The standard InChI is InChI=1S/C17H17ClFNO3/c18-16-15(7-10-23-16)17(21)20(14-5-8-22-9-6-14)11-12-1-3-13(19)4-2-12/h1-4,7,10,14H,5-6,8-9,11H2. The van der Waals surface area contributed by atoms with Gasteiger partial charge in [-0.1, -0.05) is 12.1 Å². The van der Waals surface area contributed by atoms with Crippen LogP contribution in [0.25, 0.3) is 0 Å². The molecule has 1 aliphatic heterocycles. The number of benzene rings is 1. The van der Waals surface area contributed by atoms with Gasteiger partial charge in [0.15, 0.2) is 0 Å². The number of halogens is 2. The van der Waals surface area contributed by atoms with Crippen LogP contribution in [0.3, 0.4) is 0 Å². The van der Waals surface area contributed by atoms with Crippen LogP contribution >= 0.6 is 11.6 Å². The maximum Gasteiger partial charge on any atom is 0.259 e. The molecule has 1 amide bonds. The van der Waals surface area contributed by atoms with Gasteiger partial charge in [-0.2, -0.15) is 0 Å². The predicted octanol–water partition coefficient (Wildman–Crippen LogP) is 3.89. The first-order valence-electron chi connectivity index (χ1n) is 7.51. The van der Waals surface area contributed by atoms with Crippen molar-refractivity contribution in [3.8, 4) is 0 Å². The van der Waals surface area contributed by atoms with Gasteiger partial charge in [0.25, 0.3) is 5.91 Å². The van der Waals surface area contributed by atoms with Crippen LogP contribution in [0.1, 0.15) is 28.8 Å². The van der Waals surface area contributed by atoms with Crippen LogP contribution in [0.4, 0.5) is 4.39 Å². The van der Waals surface area contributed by atoms with Gasteiger partial charge in [0, 0.05) is 25.8 Å². The van der Waals surface area contributed by atoms with Crippen molar-refractivity contribution in [1.82, 2.24) is 4.90 Å². The second-order valence-corrected chi connectivity index (χ2v) is 5.85. The Hall–Kier alpha value is -1.85. The van der Waals surface area contributed by atoms with Crippen LogP contribution in [0.15, 0.2) is 41.0 Å².